The summed E-state index contributed by atoms with van der Waals surface area (Å²) in [6.07, 6.45) is 0.0547. The Morgan fingerprint density at radius 3 is 2.75 bits per heavy atom. The van der Waals surface area contributed by atoms with Crippen molar-refractivity contribution in [1.82, 2.24) is 9.97 Å². The quantitative estimate of drug-likeness (QED) is 0.618. The number of aromatic nitrogens is 2. The molecule has 1 aliphatic heterocycles. The van der Waals surface area contributed by atoms with E-state index in [0.29, 0.717) is 27.7 Å². The van der Waals surface area contributed by atoms with Crippen LogP contribution in [0.25, 0.3) is 11.0 Å². The van der Waals surface area contributed by atoms with Gasteiger partial charge in [0.2, 0.25) is 5.91 Å². The van der Waals surface area contributed by atoms with Crippen molar-refractivity contribution in [3.8, 4) is 0 Å². The molecule has 4 N–H and O–H groups in total. The molecule has 28 heavy (non-hydrogen) atoms. The Morgan fingerprint density at radius 1 is 1.43 bits per heavy atom. The summed E-state index contributed by atoms with van der Waals surface area (Å²) in [7, 11) is 0. The lowest BCUT2D eigenvalue weighted by atomic mass is 10.0. The number of amides is 1. The molecule has 1 amide bonds. The van der Waals surface area contributed by atoms with Crippen molar-refractivity contribution in [3.05, 3.63) is 16.9 Å². The molecule has 2 aromatic rings. The number of piperidine rings is 1. The number of anilines is 2. The normalized spacial score (nSPS) is 21.3. The molecule has 1 saturated heterocycles. The highest BCUT2D eigenvalue weighted by molar-refractivity contribution is 9.10. The lowest BCUT2D eigenvalue weighted by Crippen LogP contribution is -2.43. The number of carbonyl (C=O) groups excluding carboxylic acids is 1. The van der Waals surface area contributed by atoms with Crippen LogP contribution in [0.15, 0.2) is 16.9 Å². The van der Waals surface area contributed by atoms with E-state index in [2.05, 4.69) is 36.1 Å². The zero-order valence-corrected chi connectivity index (χ0v) is 17.2. The van der Waals surface area contributed by atoms with Crippen molar-refractivity contribution >= 4 is 56.7 Å². The predicted octanol–water partition coefficient (Wildman–Crippen LogP) is 3.96. The number of carbonyl (C=O) groups is 1. The molecule has 1 aliphatic carbocycles. The molecule has 2 fully saturated rings. The zero-order valence-electron chi connectivity index (χ0n) is 14.8. The smallest absolute Gasteiger partial charge is 0.368 e. The van der Waals surface area contributed by atoms with E-state index in [9.17, 15) is 18.0 Å². The molecule has 6 nitrogen and oxygen atoms in total. The Kier molecular flexibility index (Phi) is 5.59. The second-order valence-corrected chi connectivity index (χ2v) is 8.12. The third-order valence-corrected chi connectivity index (χ3v) is 5.96. The van der Waals surface area contributed by atoms with Gasteiger partial charge in [-0.15, -0.1) is 12.4 Å². The number of nitrogens with zero attached hydrogens (tertiary/aromatic N) is 2. The van der Waals surface area contributed by atoms with Crippen LogP contribution in [0.3, 0.4) is 0 Å². The first-order valence-electron chi connectivity index (χ1n) is 8.77. The van der Waals surface area contributed by atoms with E-state index in [4.69, 9.17) is 5.73 Å². The molecule has 11 heteroatoms. The van der Waals surface area contributed by atoms with Crippen LogP contribution < -0.4 is 16.0 Å². The van der Waals surface area contributed by atoms with E-state index >= 15 is 0 Å². The highest BCUT2D eigenvalue weighted by Crippen LogP contribution is 2.58. The first-order valence-corrected chi connectivity index (χ1v) is 9.56. The van der Waals surface area contributed by atoms with Gasteiger partial charge in [-0.05, 0) is 41.6 Å². The Labute approximate surface area is 174 Å². The largest absolute Gasteiger partial charge is 0.403 e. The highest BCUT2D eigenvalue weighted by Gasteiger charge is 2.68. The van der Waals surface area contributed by atoms with Gasteiger partial charge < -0.3 is 20.9 Å². The number of nitrogens with one attached hydrogen (secondary N) is 2. The number of aromatic amines is 1. The minimum Gasteiger partial charge on any atom is -0.368 e. The Hall–Kier alpha value is -1.52. The first-order chi connectivity index (χ1) is 12.7. The maximum absolute atomic E-state index is 13.3. The molecular formula is C17H20BrClF3N5O. The van der Waals surface area contributed by atoms with E-state index in [-0.39, 0.29) is 31.3 Å². The van der Waals surface area contributed by atoms with E-state index in [1.165, 1.54) is 6.20 Å². The average molecular weight is 483 g/mol. The summed E-state index contributed by atoms with van der Waals surface area (Å²) in [5.74, 6) is -1.02. The van der Waals surface area contributed by atoms with Crippen molar-refractivity contribution in [1.29, 1.82) is 0 Å². The third kappa shape index (κ3) is 3.46. The van der Waals surface area contributed by atoms with E-state index < -0.39 is 17.5 Å². The zero-order chi connectivity index (χ0) is 19.4. The molecule has 4 rings (SSSR count). The summed E-state index contributed by atoms with van der Waals surface area (Å²) in [5.41, 5.74) is 5.39. The molecule has 2 aliphatic rings. The number of hydrogen-bond donors (Lipinski definition) is 3. The van der Waals surface area contributed by atoms with Crippen molar-refractivity contribution in [2.75, 3.05) is 23.3 Å². The van der Waals surface area contributed by atoms with Gasteiger partial charge in [0, 0.05) is 31.5 Å². The van der Waals surface area contributed by atoms with E-state index in [1.54, 1.807) is 6.20 Å². The van der Waals surface area contributed by atoms with Crippen molar-refractivity contribution in [3.63, 3.8) is 0 Å². The molecule has 2 aromatic heterocycles. The molecule has 0 spiro atoms. The SMILES string of the molecule is Cl.NC1CCCN(c2c(Br)cnc3[nH]cc(NC(=O)C4(C(F)(F)F)CC4)c23)C1. The van der Waals surface area contributed by atoms with Crippen LogP contribution in [0, 0.1) is 5.41 Å². The van der Waals surface area contributed by atoms with Crippen LogP contribution in [-0.2, 0) is 4.79 Å². The minimum absolute atomic E-state index is 0. The molecule has 154 valence electrons. The van der Waals surface area contributed by atoms with Crippen LogP contribution in [0.4, 0.5) is 24.5 Å². The van der Waals surface area contributed by atoms with Gasteiger partial charge in [0.25, 0.3) is 0 Å². The summed E-state index contributed by atoms with van der Waals surface area (Å²) in [4.78, 5) is 21.7. The standard InChI is InChI=1S/C17H19BrF3N5O.ClH/c18-10-6-23-14-12(13(10)26-5-1-2-9(22)8-26)11(7-24-14)25-15(27)16(3-4-16)17(19,20)21;/h6-7,9H,1-5,8,22H2,(H,23,24)(H,25,27);1H. The molecule has 1 atom stereocenters. The Balaban J connectivity index is 0.00000225. The Bertz CT molecular complexity index is 899. The van der Waals surface area contributed by atoms with Crippen LogP contribution in [0.1, 0.15) is 25.7 Å². The molecule has 0 bridgehead atoms. The summed E-state index contributed by atoms with van der Waals surface area (Å²) in [6, 6.07) is 0.0193. The maximum Gasteiger partial charge on any atom is 0.403 e. The van der Waals surface area contributed by atoms with Gasteiger partial charge in [-0.3, -0.25) is 4.79 Å². The summed E-state index contributed by atoms with van der Waals surface area (Å²) >= 11 is 3.49. The number of fused-ring (bicyclic) bond motifs is 1. The number of halogens is 5. The van der Waals surface area contributed by atoms with Gasteiger partial charge in [0.15, 0.2) is 0 Å². The minimum atomic E-state index is -4.55. The maximum atomic E-state index is 13.3. The van der Waals surface area contributed by atoms with Crippen molar-refractivity contribution in [2.24, 2.45) is 11.1 Å². The lowest BCUT2D eigenvalue weighted by molar-refractivity contribution is -0.189. The summed E-state index contributed by atoms with van der Waals surface area (Å²) < 4.78 is 40.5. The van der Waals surface area contributed by atoms with Crippen molar-refractivity contribution in [2.45, 2.75) is 37.9 Å². The summed E-state index contributed by atoms with van der Waals surface area (Å²) in [5, 5.41) is 3.07. The monoisotopic (exact) mass is 481 g/mol. The molecule has 0 radical (unpaired) electrons. The average Bonchev–Trinajstić information content (AvgIpc) is 3.33. The lowest BCUT2D eigenvalue weighted by Gasteiger charge is -2.33. The second-order valence-electron chi connectivity index (χ2n) is 7.26. The number of nitrogens with two attached hydrogens (primary N) is 1. The summed E-state index contributed by atoms with van der Waals surface area (Å²) in [6.45, 7) is 1.40. The van der Waals surface area contributed by atoms with Crippen LogP contribution in [-0.4, -0.2) is 41.2 Å². The van der Waals surface area contributed by atoms with Crippen molar-refractivity contribution < 1.29 is 18.0 Å². The molecule has 1 saturated carbocycles. The van der Waals surface area contributed by atoms with Crippen LogP contribution >= 0.6 is 28.3 Å². The first kappa shape index (κ1) is 21.2. The van der Waals surface area contributed by atoms with Gasteiger partial charge in [-0.2, -0.15) is 13.2 Å². The van der Waals surface area contributed by atoms with Gasteiger partial charge in [-0.1, -0.05) is 0 Å². The van der Waals surface area contributed by atoms with E-state index in [0.717, 1.165) is 25.1 Å². The number of alkyl halides is 3. The van der Waals surface area contributed by atoms with Gasteiger partial charge in [0.1, 0.15) is 11.1 Å². The molecule has 1 unspecified atom stereocenters. The fourth-order valence-corrected chi connectivity index (χ4v) is 4.23. The highest BCUT2D eigenvalue weighted by atomic mass is 79.9. The third-order valence-electron chi connectivity index (χ3n) is 5.38. The predicted molar refractivity (Wildman–Crippen MR) is 107 cm³/mol. The number of pyridine rings is 1. The van der Waals surface area contributed by atoms with Gasteiger partial charge in [0.05, 0.1) is 21.2 Å². The molecular weight excluding hydrogens is 463 g/mol. The second kappa shape index (κ2) is 7.38. The van der Waals surface area contributed by atoms with Crippen LogP contribution in [0.5, 0.6) is 0 Å². The number of rotatable bonds is 3. The van der Waals surface area contributed by atoms with Crippen LogP contribution in [0.2, 0.25) is 0 Å². The fourth-order valence-electron chi connectivity index (χ4n) is 3.68. The Morgan fingerprint density at radius 2 is 2.14 bits per heavy atom. The molecule has 0 aromatic carbocycles. The van der Waals surface area contributed by atoms with Gasteiger partial charge in [-0.25, -0.2) is 4.98 Å². The van der Waals surface area contributed by atoms with Gasteiger partial charge >= 0.3 is 6.18 Å². The number of hydrogen-bond acceptors (Lipinski definition) is 4. The molecule has 3 heterocycles. The fraction of sp³-hybridized carbons (Fsp3) is 0.529. The topological polar surface area (TPSA) is 87.0 Å². The van der Waals surface area contributed by atoms with E-state index in [1.807, 2.05) is 0 Å². The number of H-pyrrole nitrogens is 1.